The Balaban J connectivity index is 1.73. The second-order valence-corrected chi connectivity index (χ2v) is 7.26. The van der Waals surface area contributed by atoms with Crippen LogP contribution in [0.15, 0.2) is 27.4 Å². The quantitative estimate of drug-likeness (QED) is 0.579. The normalized spacial score (nSPS) is 14.9. The lowest BCUT2D eigenvalue weighted by Crippen LogP contribution is -2.40. The van der Waals surface area contributed by atoms with E-state index >= 15 is 0 Å². The molecule has 2 heterocycles. The number of hydrogen-bond donors (Lipinski definition) is 0. The molecule has 1 amide bonds. The number of carbonyl (C=O) groups is 2. The highest BCUT2D eigenvalue weighted by Crippen LogP contribution is 2.25. The van der Waals surface area contributed by atoms with Crippen molar-refractivity contribution in [2.75, 3.05) is 26.8 Å². The van der Waals surface area contributed by atoms with Gasteiger partial charge in [-0.2, -0.15) is 0 Å². The van der Waals surface area contributed by atoms with Gasteiger partial charge in [0.2, 0.25) is 0 Å². The Kier molecular flexibility index (Phi) is 6.02. The Labute approximate surface area is 163 Å². The van der Waals surface area contributed by atoms with Crippen molar-refractivity contribution in [3.63, 3.8) is 0 Å². The number of carbonyl (C=O) groups excluding carboxylic acids is 2. The summed E-state index contributed by atoms with van der Waals surface area (Å²) in [5, 5.41) is 0.710. The molecule has 0 saturated carbocycles. The first-order valence-electron chi connectivity index (χ1n) is 9.42. The molecule has 0 unspecified atom stereocenters. The number of fused-ring (bicyclic) bond motifs is 1. The van der Waals surface area contributed by atoms with E-state index < -0.39 is 11.6 Å². The fourth-order valence-electron chi connectivity index (χ4n) is 3.38. The lowest BCUT2D eigenvalue weighted by molar-refractivity contribution is -0.139. The molecule has 2 aromatic rings. The van der Waals surface area contributed by atoms with E-state index in [1.54, 1.807) is 25.1 Å². The van der Waals surface area contributed by atoms with Crippen molar-refractivity contribution in [3.05, 3.63) is 39.7 Å². The Morgan fingerprint density at radius 3 is 2.64 bits per heavy atom. The van der Waals surface area contributed by atoms with Crippen LogP contribution >= 0.6 is 0 Å². The van der Waals surface area contributed by atoms with Crippen LogP contribution in [0.1, 0.15) is 30.9 Å². The Hall–Kier alpha value is -2.83. The molecule has 1 aromatic heterocycles. The van der Waals surface area contributed by atoms with Crippen molar-refractivity contribution in [1.82, 2.24) is 4.90 Å². The second kappa shape index (κ2) is 8.46. The van der Waals surface area contributed by atoms with Crippen LogP contribution in [-0.4, -0.2) is 43.6 Å². The summed E-state index contributed by atoms with van der Waals surface area (Å²) in [7, 11) is 1.27. The molecule has 3 rings (SSSR count). The first kappa shape index (κ1) is 19.9. The lowest BCUT2D eigenvalue weighted by Gasteiger charge is -2.30. The molecule has 1 aromatic carbocycles. The molecule has 7 nitrogen and oxygen atoms in total. The van der Waals surface area contributed by atoms with E-state index in [0.717, 1.165) is 25.9 Å². The molecule has 0 atom stereocenters. The molecule has 1 aliphatic heterocycles. The third-order valence-electron chi connectivity index (χ3n) is 5.31. The van der Waals surface area contributed by atoms with Gasteiger partial charge in [-0.3, -0.25) is 9.59 Å². The fourth-order valence-corrected chi connectivity index (χ4v) is 3.38. The van der Waals surface area contributed by atoms with Crippen molar-refractivity contribution in [2.45, 2.75) is 33.1 Å². The predicted octanol–water partition coefficient (Wildman–Crippen LogP) is 2.45. The van der Waals surface area contributed by atoms with Crippen molar-refractivity contribution >= 4 is 22.8 Å². The summed E-state index contributed by atoms with van der Waals surface area (Å²) < 4.78 is 15.6. The van der Waals surface area contributed by atoms with E-state index in [0.29, 0.717) is 28.2 Å². The number of amides is 1. The van der Waals surface area contributed by atoms with E-state index in [1.165, 1.54) is 7.11 Å². The second-order valence-electron chi connectivity index (χ2n) is 7.26. The highest BCUT2D eigenvalue weighted by Gasteiger charge is 2.21. The van der Waals surface area contributed by atoms with E-state index in [9.17, 15) is 14.4 Å². The van der Waals surface area contributed by atoms with Gasteiger partial charge in [0.05, 0.1) is 19.1 Å². The van der Waals surface area contributed by atoms with Crippen LogP contribution in [0.5, 0.6) is 5.75 Å². The Morgan fingerprint density at radius 1 is 1.25 bits per heavy atom. The van der Waals surface area contributed by atoms with Crippen LogP contribution in [0.2, 0.25) is 0 Å². The van der Waals surface area contributed by atoms with Crippen LogP contribution in [0.3, 0.4) is 0 Å². The number of hydrogen-bond acceptors (Lipinski definition) is 6. The van der Waals surface area contributed by atoms with Gasteiger partial charge in [-0.05, 0) is 43.4 Å². The SMILES string of the molecule is COC(=O)Cc1c(C)c2ccc(OCC(=O)N3CCC(C)CC3)cc2oc1=O. The van der Waals surface area contributed by atoms with Gasteiger partial charge in [0, 0.05) is 24.5 Å². The van der Waals surface area contributed by atoms with Gasteiger partial charge in [0.1, 0.15) is 11.3 Å². The number of esters is 1. The number of methoxy groups -OCH3 is 1. The van der Waals surface area contributed by atoms with Crippen molar-refractivity contribution in [3.8, 4) is 5.75 Å². The molecule has 1 aliphatic rings. The molecule has 7 heteroatoms. The fraction of sp³-hybridized carbons (Fsp3) is 0.476. The van der Waals surface area contributed by atoms with Gasteiger partial charge in [-0.1, -0.05) is 6.92 Å². The minimum Gasteiger partial charge on any atom is -0.484 e. The lowest BCUT2D eigenvalue weighted by atomic mass is 9.99. The molecule has 1 saturated heterocycles. The number of benzene rings is 1. The topological polar surface area (TPSA) is 86.1 Å². The Bertz CT molecular complexity index is 940. The van der Waals surface area contributed by atoms with Crippen molar-refractivity contribution < 1.29 is 23.5 Å². The molecule has 0 radical (unpaired) electrons. The maximum absolute atomic E-state index is 12.3. The molecule has 0 bridgehead atoms. The summed E-state index contributed by atoms with van der Waals surface area (Å²) in [6.45, 7) is 5.43. The highest BCUT2D eigenvalue weighted by atomic mass is 16.5. The molecular weight excluding hydrogens is 362 g/mol. The molecule has 0 aliphatic carbocycles. The Morgan fingerprint density at radius 2 is 1.96 bits per heavy atom. The summed E-state index contributed by atoms with van der Waals surface area (Å²) in [5.74, 6) is 0.563. The first-order chi connectivity index (χ1) is 13.4. The number of nitrogens with zero attached hydrogens (tertiary/aromatic N) is 1. The number of rotatable bonds is 5. The summed E-state index contributed by atoms with van der Waals surface area (Å²) in [6, 6.07) is 5.08. The highest BCUT2D eigenvalue weighted by molar-refractivity contribution is 5.84. The van der Waals surface area contributed by atoms with E-state index in [-0.39, 0.29) is 24.5 Å². The van der Waals surface area contributed by atoms with Gasteiger partial charge >= 0.3 is 11.6 Å². The number of piperidine rings is 1. The summed E-state index contributed by atoms with van der Waals surface area (Å²) >= 11 is 0. The molecule has 0 spiro atoms. The zero-order valence-electron chi connectivity index (χ0n) is 16.4. The van der Waals surface area contributed by atoms with Crippen LogP contribution < -0.4 is 10.4 Å². The first-order valence-corrected chi connectivity index (χ1v) is 9.42. The van der Waals surface area contributed by atoms with E-state index in [2.05, 4.69) is 11.7 Å². The molecule has 28 heavy (non-hydrogen) atoms. The molecule has 150 valence electrons. The average Bonchev–Trinajstić information content (AvgIpc) is 2.69. The average molecular weight is 387 g/mol. The number of ether oxygens (including phenoxy) is 2. The standard InChI is InChI=1S/C21H25NO6/c1-13-6-8-22(9-7-13)19(23)12-27-15-4-5-16-14(2)17(11-20(24)26-3)21(25)28-18(16)10-15/h4-5,10,13H,6-9,11-12H2,1-3H3. The summed E-state index contributed by atoms with van der Waals surface area (Å²) in [4.78, 5) is 37.9. The largest absolute Gasteiger partial charge is 0.484 e. The number of aryl methyl sites for hydroxylation is 1. The monoisotopic (exact) mass is 387 g/mol. The smallest absolute Gasteiger partial charge is 0.340 e. The van der Waals surface area contributed by atoms with Crippen LogP contribution in [0.25, 0.3) is 11.0 Å². The van der Waals surface area contributed by atoms with Crippen LogP contribution in [0.4, 0.5) is 0 Å². The molecule has 0 N–H and O–H groups in total. The van der Waals surface area contributed by atoms with Gasteiger partial charge in [-0.25, -0.2) is 4.79 Å². The van der Waals surface area contributed by atoms with E-state index in [1.807, 2.05) is 4.90 Å². The number of likely N-dealkylation sites (tertiary alicyclic amines) is 1. The summed E-state index contributed by atoms with van der Waals surface area (Å²) in [5.41, 5.74) is 0.725. The van der Waals surface area contributed by atoms with E-state index in [4.69, 9.17) is 9.15 Å². The maximum Gasteiger partial charge on any atom is 0.340 e. The zero-order chi connectivity index (χ0) is 20.3. The third-order valence-corrected chi connectivity index (χ3v) is 5.31. The molecule has 1 fully saturated rings. The van der Waals surface area contributed by atoms with Gasteiger partial charge in [-0.15, -0.1) is 0 Å². The van der Waals surface area contributed by atoms with Crippen molar-refractivity contribution in [2.24, 2.45) is 5.92 Å². The van der Waals surface area contributed by atoms with Gasteiger partial charge in [0.15, 0.2) is 6.61 Å². The van der Waals surface area contributed by atoms with Gasteiger partial charge in [0.25, 0.3) is 5.91 Å². The predicted molar refractivity (Wildman–Crippen MR) is 103 cm³/mol. The third kappa shape index (κ3) is 4.35. The van der Waals surface area contributed by atoms with Crippen LogP contribution in [0, 0.1) is 12.8 Å². The summed E-state index contributed by atoms with van der Waals surface area (Å²) in [6.07, 6.45) is 1.89. The minimum absolute atomic E-state index is 0.0435. The minimum atomic E-state index is -0.578. The van der Waals surface area contributed by atoms with Crippen LogP contribution in [-0.2, 0) is 20.7 Å². The van der Waals surface area contributed by atoms with Crippen molar-refractivity contribution in [1.29, 1.82) is 0 Å². The van der Waals surface area contributed by atoms with Gasteiger partial charge < -0.3 is 18.8 Å². The zero-order valence-corrected chi connectivity index (χ0v) is 16.4. The molecular formula is C21H25NO6. The maximum atomic E-state index is 12.3.